The molecule has 0 spiro atoms. The first-order valence-electron chi connectivity index (χ1n) is 9.34. The molecule has 0 radical (unpaired) electrons. The van der Waals surface area contributed by atoms with E-state index in [0.717, 1.165) is 50.3 Å². The van der Waals surface area contributed by atoms with E-state index in [1.54, 1.807) is 7.11 Å². The Bertz CT molecular complexity index is 1330. The summed E-state index contributed by atoms with van der Waals surface area (Å²) in [5.41, 5.74) is 4.69. The quantitative estimate of drug-likeness (QED) is 0.446. The predicted octanol–water partition coefficient (Wildman–Crippen LogP) is 5.23. The van der Waals surface area contributed by atoms with Gasteiger partial charge in [0.25, 0.3) is 0 Å². The van der Waals surface area contributed by atoms with Crippen LogP contribution in [0.2, 0.25) is 0 Å². The molecule has 0 atom stereocenters. The molecule has 29 heavy (non-hydrogen) atoms. The molecule has 0 aliphatic carbocycles. The fraction of sp³-hybridized carbons (Fsp3) is 0.0870. The maximum atomic E-state index is 5.34. The van der Waals surface area contributed by atoms with Crippen molar-refractivity contribution in [1.82, 2.24) is 20.2 Å². The second-order valence-corrected chi connectivity index (χ2v) is 6.85. The van der Waals surface area contributed by atoms with Gasteiger partial charge in [0.05, 0.1) is 23.8 Å². The van der Waals surface area contributed by atoms with Gasteiger partial charge in [0.1, 0.15) is 11.6 Å². The van der Waals surface area contributed by atoms with Gasteiger partial charge in [-0.1, -0.05) is 30.3 Å². The van der Waals surface area contributed by atoms with Crippen molar-refractivity contribution in [2.45, 2.75) is 6.92 Å². The number of aromatic nitrogens is 4. The number of H-pyrrole nitrogens is 1. The number of aryl methyl sites for hydroxylation is 1. The molecule has 2 N–H and O–H groups in total. The summed E-state index contributed by atoms with van der Waals surface area (Å²) in [5.74, 6) is 2.35. The van der Waals surface area contributed by atoms with E-state index in [2.05, 4.69) is 20.5 Å². The predicted molar refractivity (Wildman–Crippen MR) is 116 cm³/mol. The van der Waals surface area contributed by atoms with Gasteiger partial charge in [0.15, 0.2) is 5.82 Å². The number of hydrogen-bond donors (Lipinski definition) is 2. The highest BCUT2D eigenvalue weighted by atomic mass is 16.5. The SMILES string of the molecule is COc1ccc2c(Nc3ccc4[nH]c(-c5ccccc5)nc4c3)nnc(C)c2c1. The molecule has 0 saturated carbocycles. The third-order valence-corrected chi connectivity index (χ3v) is 4.96. The number of benzene rings is 3. The topological polar surface area (TPSA) is 75.7 Å². The van der Waals surface area contributed by atoms with Gasteiger partial charge in [-0.05, 0) is 43.3 Å². The van der Waals surface area contributed by atoms with Crippen molar-refractivity contribution in [2.75, 3.05) is 12.4 Å². The zero-order valence-corrected chi connectivity index (χ0v) is 16.1. The summed E-state index contributed by atoms with van der Waals surface area (Å²) in [6.45, 7) is 1.94. The normalized spacial score (nSPS) is 11.1. The molecular weight excluding hydrogens is 362 g/mol. The number of fused-ring (bicyclic) bond motifs is 2. The number of rotatable bonds is 4. The molecule has 0 amide bonds. The van der Waals surface area contributed by atoms with E-state index in [9.17, 15) is 0 Å². The molecule has 0 fully saturated rings. The average Bonchev–Trinajstić information content (AvgIpc) is 3.19. The average molecular weight is 381 g/mol. The highest BCUT2D eigenvalue weighted by molar-refractivity contribution is 5.95. The van der Waals surface area contributed by atoms with Crippen LogP contribution in [0.3, 0.4) is 0 Å². The first-order chi connectivity index (χ1) is 14.2. The Hall–Kier alpha value is -3.93. The van der Waals surface area contributed by atoms with Crippen LogP contribution in [0, 0.1) is 6.92 Å². The summed E-state index contributed by atoms with van der Waals surface area (Å²) in [6, 6.07) is 22.0. The van der Waals surface area contributed by atoms with Crippen LogP contribution in [-0.2, 0) is 0 Å². The standard InChI is InChI=1S/C23H19N5O/c1-14-19-13-17(29-2)9-10-18(19)23(28-27-14)24-16-8-11-20-21(12-16)26-22(25-20)15-6-4-3-5-7-15/h3-13H,1-2H3,(H,24,28)(H,25,26). The largest absolute Gasteiger partial charge is 0.497 e. The summed E-state index contributed by atoms with van der Waals surface area (Å²) in [6.07, 6.45) is 0. The van der Waals surface area contributed by atoms with Gasteiger partial charge in [0, 0.05) is 22.0 Å². The third-order valence-electron chi connectivity index (χ3n) is 4.96. The lowest BCUT2D eigenvalue weighted by molar-refractivity contribution is 0.415. The number of anilines is 2. The molecule has 2 heterocycles. The third kappa shape index (κ3) is 3.14. The first-order valence-corrected chi connectivity index (χ1v) is 9.34. The van der Waals surface area contributed by atoms with E-state index in [4.69, 9.17) is 9.72 Å². The van der Waals surface area contributed by atoms with E-state index in [1.807, 2.05) is 73.7 Å². The summed E-state index contributed by atoms with van der Waals surface area (Å²) >= 11 is 0. The number of nitrogens with one attached hydrogen (secondary N) is 2. The Morgan fingerprint density at radius 3 is 2.59 bits per heavy atom. The number of methoxy groups -OCH3 is 1. The number of ether oxygens (including phenoxy) is 1. The minimum atomic E-state index is 0.700. The summed E-state index contributed by atoms with van der Waals surface area (Å²) in [7, 11) is 1.66. The summed E-state index contributed by atoms with van der Waals surface area (Å²) < 4.78 is 5.34. The Kier molecular flexibility index (Phi) is 4.09. The Labute approximate surface area is 167 Å². The molecule has 142 valence electrons. The van der Waals surface area contributed by atoms with Gasteiger partial charge >= 0.3 is 0 Å². The van der Waals surface area contributed by atoms with Gasteiger partial charge in [-0.15, -0.1) is 5.10 Å². The molecule has 0 saturated heterocycles. The number of imidazole rings is 1. The van der Waals surface area contributed by atoms with Crippen LogP contribution < -0.4 is 10.1 Å². The van der Waals surface area contributed by atoms with Crippen LogP contribution in [0.5, 0.6) is 5.75 Å². The molecule has 0 unspecified atom stereocenters. The second kappa shape index (κ2) is 6.91. The van der Waals surface area contributed by atoms with Crippen LogP contribution >= 0.6 is 0 Å². The molecule has 3 aromatic carbocycles. The van der Waals surface area contributed by atoms with E-state index in [-0.39, 0.29) is 0 Å². The lowest BCUT2D eigenvalue weighted by atomic mass is 10.1. The van der Waals surface area contributed by atoms with Crippen molar-refractivity contribution in [3.63, 3.8) is 0 Å². The van der Waals surface area contributed by atoms with E-state index >= 15 is 0 Å². The van der Waals surface area contributed by atoms with Crippen LogP contribution in [0.25, 0.3) is 33.2 Å². The Balaban J connectivity index is 1.53. The second-order valence-electron chi connectivity index (χ2n) is 6.85. The van der Waals surface area contributed by atoms with Gasteiger partial charge in [-0.25, -0.2) is 4.98 Å². The van der Waals surface area contributed by atoms with Gasteiger partial charge in [-0.2, -0.15) is 5.10 Å². The lowest BCUT2D eigenvalue weighted by Crippen LogP contribution is -1.99. The Morgan fingerprint density at radius 1 is 0.897 bits per heavy atom. The molecule has 5 rings (SSSR count). The Morgan fingerprint density at radius 2 is 1.76 bits per heavy atom. The first kappa shape index (κ1) is 17.2. The van der Waals surface area contributed by atoms with Crippen molar-refractivity contribution in [2.24, 2.45) is 0 Å². The molecular formula is C23H19N5O. The monoisotopic (exact) mass is 381 g/mol. The van der Waals surface area contributed by atoms with Crippen molar-refractivity contribution >= 4 is 33.3 Å². The van der Waals surface area contributed by atoms with Gasteiger partial charge in [-0.3, -0.25) is 0 Å². The highest BCUT2D eigenvalue weighted by Crippen LogP contribution is 2.30. The van der Waals surface area contributed by atoms with Crippen LogP contribution in [-0.4, -0.2) is 27.3 Å². The fourth-order valence-electron chi connectivity index (χ4n) is 3.43. The molecule has 2 aromatic heterocycles. The van der Waals surface area contributed by atoms with Gasteiger partial charge in [0.2, 0.25) is 0 Å². The molecule has 6 heteroatoms. The van der Waals surface area contributed by atoms with Crippen LogP contribution in [0.15, 0.2) is 66.7 Å². The molecule has 0 aliphatic rings. The highest BCUT2D eigenvalue weighted by Gasteiger charge is 2.10. The zero-order chi connectivity index (χ0) is 19.8. The summed E-state index contributed by atoms with van der Waals surface area (Å²) in [5, 5.41) is 14.0. The minimum absolute atomic E-state index is 0.700. The van der Waals surface area contributed by atoms with Gasteiger partial charge < -0.3 is 15.0 Å². The van der Waals surface area contributed by atoms with Crippen molar-refractivity contribution in [3.05, 3.63) is 72.4 Å². The molecule has 5 aromatic rings. The van der Waals surface area contributed by atoms with Crippen LogP contribution in [0.1, 0.15) is 5.69 Å². The molecule has 0 bridgehead atoms. The fourth-order valence-corrected chi connectivity index (χ4v) is 3.43. The zero-order valence-electron chi connectivity index (χ0n) is 16.1. The molecule has 0 aliphatic heterocycles. The van der Waals surface area contributed by atoms with Crippen LogP contribution in [0.4, 0.5) is 11.5 Å². The maximum absolute atomic E-state index is 5.34. The summed E-state index contributed by atoms with van der Waals surface area (Å²) in [4.78, 5) is 8.11. The van der Waals surface area contributed by atoms with E-state index in [1.165, 1.54) is 0 Å². The maximum Gasteiger partial charge on any atom is 0.160 e. The van der Waals surface area contributed by atoms with Crippen molar-refractivity contribution < 1.29 is 4.74 Å². The number of nitrogens with zero attached hydrogens (tertiary/aromatic N) is 3. The smallest absolute Gasteiger partial charge is 0.160 e. The molecule has 6 nitrogen and oxygen atoms in total. The van der Waals surface area contributed by atoms with E-state index in [0.29, 0.717) is 5.82 Å². The van der Waals surface area contributed by atoms with Crippen molar-refractivity contribution in [3.8, 4) is 17.1 Å². The number of hydrogen-bond acceptors (Lipinski definition) is 5. The minimum Gasteiger partial charge on any atom is -0.497 e. The van der Waals surface area contributed by atoms with Crippen molar-refractivity contribution in [1.29, 1.82) is 0 Å². The lowest BCUT2D eigenvalue weighted by Gasteiger charge is -2.10. The van der Waals surface area contributed by atoms with E-state index < -0.39 is 0 Å². The number of aromatic amines is 1.